The highest BCUT2D eigenvalue weighted by atomic mass is 16.5. The van der Waals surface area contributed by atoms with Crippen LogP contribution in [-0.2, 0) is 4.74 Å². The summed E-state index contributed by atoms with van der Waals surface area (Å²) in [6.07, 6.45) is 4.31. The van der Waals surface area contributed by atoms with Crippen molar-refractivity contribution < 1.29 is 4.74 Å². The van der Waals surface area contributed by atoms with Crippen molar-refractivity contribution in [2.45, 2.75) is 38.3 Å². The summed E-state index contributed by atoms with van der Waals surface area (Å²) in [6, 6.07) is 0.611. The molecule has 0 aromatic carbocycles. The van der Waals surface area contributed by atoms with Gasteiger partial charge >= 0.3 is 0 Å². The molecule has 1 rings (SSSR count). The van der Waals surface area contributed by atoms with E-state index in [0.29, 0.717) is 12.1 Å². The van der Waals surface area contributed by atoms with Crippen LogP contribution < -0.4 is 5.32 Å². The second-order valence-corrected chi connectivity index (χ2v) is 2.82. The maximum absolute atomic E-state index is 5.54. The molecule has 1 N–H and O–H groups in total. The first-order chi connectivity index (χ1) is 4.88. The van der Waals surface area contributed by atoms with E-state index in [2.05, 4.69) is 12.2 Å². The van der Waals surface area contributed by atoms with Crippen molar-refractivity contribution in [1.29, 1.82) is 0 Å². The quantitative estimate of drug-likeness (QED) is 0.640. The Balaban J connectivity index is 2.27. The summed E-state index contributed by atoms with van der Waals surface area (Å²) in [5.41, 5.74) is 0. The summed E-state index contributed by atoms with van der Waals surface area (Å²) >= 11 is 0. The Morgan fingerprint density at radius 3 is 2.90 bits per heavy atom. The van der Waals surface area contributed by atoms with Gasteiger partial charge in [-0.2, -0.15) is 0 Å². The summed E-state index contributed by atoms with van der Waals surface area (Å²) in [4.78, 5) is 0. The van der Waals surface area contributed by atoms with Crippen molar-refractivity contribution in [2.24, 2.45) is 0 Å². The van der Waals surface area contributed by atoms with Crippen LogP contribution in [0.4, 0.5) is 0 Å². The zero-order valence-electron chi connectivity index (χ0n) is 6.89. The molecule has 2 nitrogen and oxygen atoms in total. The monoisotopic (exact) mass is 143 g/mol. The molecule has 0 unspecified atom stereocenters. The van der Waals surface area contributed by atoms with E-state index in [1.807, 2.05) is 7.05 Å². The standard InChI is InChI=1S/C8H17NO/c1-3-10-8-6-4-5-7(8)9-2/h7-9H,3-6H2,1-2H3/t7-,8-/m1/s1. The van der Waals surface area contributed by atoms with Crippen LogP contribution >= 0.6 is 0 Å². The SMILES string of the molecule is CCO[C@@H]1CCC[C@H]1NC. The molecule has 2 heteroatoms. The van der Waals surface area contributed by atoms with E-state index < -0.39 is 0 Å². The molecule has 0 saturated heterocycles. The molecule has 2 atom stereocenters. The second-order valence-electron chi connectivity index (χ2n) is 2.82. The Hall–Kier alpha value is -0.0800. The Labute approximate surface area is 63.0 Å². The van der Waals surface area contributed by atoms with E-state index in [0.717, 1.165) is 6.61 Å². The summed E-state index contributed by atoms with van der Waals surface area (Å²) in [6.45, 7) is 2.91. The highest BCUT2D eigenvalue weighted by Crippen LogP contribution is 2.21. The number of hydrogen-bond acceptors (Lipinski definition) is 2. The normalized spacial score (nSPS) is 33.0. The third-order valence-electron chi connectivity index (χ3n) is 2.20. The van der Waals surface area contributed by atoms with E-state index in [1.54, 1.807) is 0 Å². The number of rotatable bonds is 3. The third-order valence-corrected chi connectivity index (χ3v) is 2.20. The van der Waals surface area contributed by atoms with Gasteiger partial charge in [0.15, 0.2) is 0 Å². The fourth-order valence-corrected chi connectivity index (χ4v) is 1.67. The van der Waals surface area contributed by atoms with Gasteiger partial charge in [0.25, 0.3) is 0 Å². The highest BCUT2D eigenvalue weighted by molar-refractivity contribution is 4.82. The third kappa shape index (κ3) is 1.70. The summed E-state index contributed by atoms with van der Waals surface area (Å²) < 4.78 is 5.54. The van der Waals surface area contributed by atoms with Gasteiger partial charge in [0.05, 0.1) is 6.10 Å². The number of ether oxygens (including phenoxy) is 1. The van der Waals surface area contributed by atoms with E-state index in [4.69, 9.17) is 4.74 Å². The first-order valence-electron chi connectivity index (χ1n) is 4.17. The van der Waals surface area contributed by atoms with Crippen molar-refractivity contribution in [3.63, 3.8) is 0 Å². The largest absolute Gasteiger partial charge is 0.377 e. The molecule has 0 bridgehead atoms. The zero-order valence-corrected chi connectivity index (χ0v) is 6.89. The molecular formula is C8H17NO. The van der Waals surface area contributed by atoms with Crippen LogP contribution in [-0.4, -0.2) is 25.8 Å². The lowest BCUT2D eigenvalue weighted by Crippen LogP contribution is -2.34. The Kier molecular flexibility index (Phi) is 3.16. The van der Waals surface area contributed by atoms with Crippen LogP contribution in [0.5, 0.6) is 0 Å². The highest BCUT2D eigenvalue weighted by Gasteiger charge is 2.25. The lowest BCUT2D eigenvalue weighted by Gasteiger charge is -2.18. The zero-order chi connectivity index (χ0) is 7.40. The number of hydrogen-bond donors (Lipinski definition) is 1. The lowest BCUT2D eigenvalue weighted by atomic mass is 10.2. The average molecular weight is 143 g/mol. The topological polar surface area (TPSA) is 21.3 Å². The van der Waals surface area contributed by atoms with Gasteiger partial charge in [0.2, 0.25) is 0 Å². The summed E-state index contributed by atoms with van der Waals surface area (Å²) in [5, 5.41) is 3.27. The molecule has 0 amide bonds. The van der Waals surface area contributed by atoms with Crippen LogP contribution in [0.25, 0.3) is 0 Å². The van der Waals surface area contributed by atoms with Gasteiger partial charge in [-0.05, 0) is 33.2 Å². The van der Waals surface area contributed by atoms with Gasteiger partial charge in [-0.3, -0.25) is 0 Å². The van der Waals surface area contributed by atoms with Crippen LogP contribution in [0.2, 0.25) is 0 Å². The van der Waals surface area contributed by atoms with Gasteiger partial charge < -0.3 is 10.1 Å². The van der Waals surface area contributed by atoms with E-state index in [-0.39, 0.29) is 0 Å². The molecule has 0 spiro atoms. The number of nitrogens with one attached hydrogen (secondary N) is 1. The Morgan fingerprint density at radius 1 is 1.50 bits per heavy atom. The average Bonchev–Trinajstić information content (AvgIpc) is 2.36. The van der Waals surface area contributed by atoms with Gasteiger partial charge in [0, 0.05) is 12.6 Å². The van der Waals surface area contributed by atoms with E-state index in [1.165, 1.54) is 19.3 Å². The van der Waals surface area contributed by atoms with Crippen molar-refractivity contribution in [1.82, 2.24) is 5.32 Å². The fraction of sp³-hybridized carbons (Fsp3) is 1.00. The molecule has 0 heterocycles. The molecule has 1 aliphatic carbocycles. The molecule has 0 aromatic heterocycles. The molecule has 1 aliphatic rings. The molecule has 0 aromatic rings. The van der Waals surface area contributed by atoms with Gasteiger partial charge in [-0.15, -0.1) is 0 Å². The fourth-order valence-electron chi connectivity index (χ4n) is 1.67. The first kappa shape index (κ1) is 8.02. The van der Waals surface area contributed by atoms with Gasteiger partial charge in [-0.1, -0.05) is 0 Å². The summed E-state index contributed by atoms with van der Waals surface area (Å²) in [5.74, 6) is 0. The number of likely N-dealkylation sites (N-methyl/N-ethyl adjacent to an activating group) is 1. The van der Waals surface area contributed by atoms with Gasteiger partial charge in [0.1, 0.15) is 0 Å². The minimum atomic E-state index is 0.481. The van der Waals surface area contributed by atoms with Crippen molar-refractivity contribution in [2.75, 3.05) is 13.7 Å². The first-order valence-corrected chi connectivity index (χ1v) is 4.17. The molecule has 10 heavy (non-hydrogen) atoms. The lowest BCUT2D eigenvalue weighted by molar-refractivity contribution is 0.0507. The minimum absolute atomic E-state index is 0.481. The summed E-state index contributed by atoms with van der Waals surface area (Å²) in [7, 11) is 2.02. The molecular weight excluding hydrogens is 126 g/mol. The van der Waals surface area contributed by atoms with Crippen LogP contribution in [0, 0.1) is 0 Å². The molecule has 0 radical (unpaired) electrons. The minimum Gasteiger partial charge on any atom is -0.377 e. The predicted molar refractivity (Wildman–Crippen MR) is 42.1 cm³/mol. The molecule has 60 valence electrons. The van der Waals surface area contributed by atoms with Crippen LogP contribution in [0.1, 0.15) is 26.2 Å². The maximum Gasteiger partial charge on any atom is 0.0727 e. The molecule has 0 aliphatic heterocycles. The van der Waals surface area contributed by atoms with Crippen LogP contribution in [0.3, 0.4) is 0 Å². The second kappa shape index (κ2) is 3.94. The predicted octanol–water partition coefficient (Wildman–Crippen LogP) is 1.16. The van der Waals surface area contributed by atoms with E-state index >= 15 is 0 Å². The molecule has 1 saturated carbocycles. The van der Waals surface area contributed by atoms with Crippen LogP contribution in [0.15, 0.2) is 0 Å². The van der Waals surface area contributed by atoms with Crippen molar-refractivity contribution in [3.05, 3.63) is 0 Å². The van der Waals surface area contributed by atoms with Crippen molar-refractivity contribution >= 4 is 0 Å². The molecule has 1 fully saturated rings. The Morgan fingerprint density at radius 2 is 2.30 bits per heavy atom. The smallest absolute Gasteiger partial charge is 0.0727 e. The van der Waals surface area contributed by atoms with E-state index in [9.17, 15) is 0 Å². The Bertz CT molecular complexity index is 95.3. The van der Waals surface area contributed by atoms with Crippen molar-refractivity contribution in [3.8, 4) is 0 Å². The maximum atomic E-state index is 5.54. The van der Waals surface area contributed by atoms with Gasteiger partial charge in [-0.25, -0.2) is 0 Å².